The summed E-state index contributed by atoms with van der Waals surface area (Å²) in [5.41, 5.74) is 0.748. The van der Waals surface area contributed by atoms with Gasteiger partial charge in [-0.3, -0.25) is 4.98 Å². The summed E-state index contributed by atoms with van der Waals surface area (Å²) in [6, 6.07) is 1.74. The Morgan fingerprint density at radius 2 is 2.40 bits per heavy atom. The van der Waals surface area contributed by atoms with Crippen LogP contribution in [0.15, 0.2) is 24.7 Å². The van der Waals surface area contributed by atoms with Crippen molar-refractivity contribution in [2.24, 2.45) is 0 Å². The predicted molar refractivity (Wildman–Crippen MR) is 34.7 cm³/mol. The summed E-state index contributed by atoms with van der Waals surface area (Å²) in [6.45, 7) is 0. The summed E-state index contributed by atoms with van der Waals surface area (Å²) in [5.74, 6) is 0. The lowest BCUT2D eigenvalue weighted by Gasteiger charge is -1.79. The molecule has 0 saturated carbocycles. The number of nitrogens with zero attached hydrogens (tertiary/aromatic N) is 3. The Kier molecular flexibility index (Phi) is 0.887. The van der Waals surface area contributed by atoms with E-state index < -0.39 is 0 Å². The number of rotatable bonds is 0. The molecule has 50 valence electrons. The van der Waals surface area contributed by atoms with Gasteiger partial charge in [0.15, 0.2) is 0 Å². The average Bonchev–Trinajstić information content (AvgIpc) is 2.27. The molecule has 2 rings (SSSR count). The van der Waals surface area contributed by atoms with Gasteiger partial charge in [-0.1, -0.05) is 0 Å². The van der Waals surface area contributed by atoms with Crippen LogP contribution in [-0.2, 0) is 0 Å². The largest absolute Gasteiger partial charge is 0.412 e. The Morgan fingerprint density at radius 3 is 3.20 bits per heavy atom. The Balaban J connectivity index is 2.88. The summed E-state index contributed by atoms with van der Waals surface area (Å²) in [6.07, 6.45) is 4.78. The van der Waals surface area contributed by atoms with Crippen molar-refractivity contribution in [1.29, 1.82) is 0 Å². The fourth-order valence-corrected chi connectivity index (χ4v) is 0.854. The number of aromatic nitrogens is 3. The second-order valence-corrected chi connectivity index (χ2v) is 1.98. The lowest BCUT2D eigenvalue weighted by molar-refractivity contribution is 0.151. The summed E-state index contributed by atoms with van der Waals surface area (Å²) >= 11 is 0. The van der Waals surface area contributed by atoms with Gasteiger partial charge in [0, 0.05) is 17.8 Å². The maximum Gasteiger partial charge on any atom is 0.0990 e. The van der Waals surface area contributed by atoms with Crippen LogP contribution in [0.4, 0.5) is 0 Å². The maximum atomic E-state index is 8.83. The van der Waals surface area contributed by atoms with Gasteiger partial charge in [0.2, 0.25) is 0 Å². The zero-order valence-electron chi connectivity index (χ0n) is 5.10. The molecule has 1 N–H and O–H groups in total. The highest BCUT2D eigenvalue weighted by Gasteiger charge is 1.95. The SMILES string of the molecule is On1cc2cnccc2n1. The fourth-order valence-electron chi connectivity index (χ4n) is 0.854. The van der Waals surface area contributed by atoms with Crippen LogP contribution in [0.5, 0.6) is 0 Å². The molecule has 0 amide bonds. The Hall–Kier alpha value is -1.58. The molecule has 0 spiro atoms. The van der Waals surface area contributed by atoms with Gasteiger partial charge >= 0.3 is 0 Å². The first-order valence-corrected chi connectivity index (χ1v) is 2.85. The topological polar surface area (TPSA) is 50.9 Å². The summed E-state index contributed by atoms with van der Waals surface area (Å²) in [7, 11) is 0. The second-order valence-electron chi connectivity index (χ2n) is 1.98. The Labute approximate surface area is 56.7 Å². The molecule has 0 aromatic carbocycles. The fraction of sp³-hybridized carbons (Fsp3) is 0. The van der Waals surface area contributed by atoms with Crippen LogP contribution in [-0.4, -0.2) is 20.1 Å². The average molecular weight is 135 g/mol. The first-order valence-electron chi connectivity index (χ1n) is 2.85. The zero-order valence-corrected chi connectivity index (χ0v) is 5.10. The van der Waals surface area contributed by atoms with Gasteiger partial charge < -0.3 is 5.21 Å². The van der Waals surface area contributed by atoms with E-state index in [1.165, 1.54) is 6.20 Å². The molecule has 4 nitrogen and oxygen atoms in total. The first-order chi connectivity index (χ1) is 4.86. The third-order valence-corrected chi connectivity index (χ3v) is 1.29. The maximum absolute atomic E-state index is 8.83. The van der Waals surface area contributed by atoms with Crippen molar-refractivity contribution in [1.82, 2.24) is 14.9 Å². The van der Waals surface area contributed by atoms with E-state index >= 15 is 0 Å². The summed E-state index contributed by atoms with van der Waals surface area (Å²) in [5, 5.41) is 13.4. The molecular weight excluding hydrogens is 130 g/mol. The van der Waals surface area contributed by atoms with Crippen molar-refractivity contribution in [3.8, 4) is 0 Å². The lowest BCUT2D eigenvalue weighted by Crippen LogP contribution is -1.86. The van der Waals surface area contributed by atoms with Crippen LogP contribution in [0.2, 0.25) is 0 Å². The molecule has 0 bridgehead atoms. The molecule has 2 heterocycles. The highest BCUT2D eigenvalue weighted by Crippen LogP contribution is 2.06. The standard InChI is InChI=1S/C6H5N3O/c10-9-4-5-3-7-2-1-6(5)8-9/h1-4,10H. The van der Waals surface area contributed by atoms with Gasteiger partial charge in [-0.25, -0.2) is 0 Å². The summed E-state index contributed by atoms with van der Waals surface area (Å²) < 4.78 is 0. The quantitative estimate of drug-likeness (QED) is 0.540. The third kappa shape index (κ3) is 0.621. The minimum atomic E-state index is 0.748. The van der Waals surface area contributed by atoms with Crippen molar-refractivity contribution in [3.63, 3.8) is 0 Å². The van der Waals surface area contributed by atoms with Crippen LogP contribution < -0.4 is 0 Å². The Bertz CT molecular complexity index is 322. The molecule has 0 aliphatic carbocycles. The molecule has 2 aromatic rings. The number of hydrogen-bond donors (Lipinski definition) is 1. The first kappa shape index (κ1) is 5.22. The van der Waals surface area contributed by atoms with E-state index in [0.717, 1.165) is 15.7 Å². The molecular formula is C6H5N3O. The molecule has 0 atom stereocenters. The molecule has 0 saturated heterocycles. The van der Waals surface area contributed by atoms with Crippen LogP contribution in [0, 0.1) is 0 Å². The lowest BCUT2D eigenvalue weighted by atomic mass is 10.3. The van der Waals surface area contributed by atoms with Gasteiger partial charge in [-0.15, -0.1) is 9.94 Å². The monoisotopic (exact) mass is 135 g/mol. The molecule has 0 radical (unpaired) electrons. The van der Waals surface area contributed by atoms with Gasteiger partial charge in [-0.05, 0) is 6.07 Å². The molecule has 10 heavy (non-hydrogen) atoms. The van der Waals surface area contributed by atoms with Crippen LogP contribution >= 0.6 is 0 Å². The van der Waals surface area contributed by atoms with Gasteiger partial charge in [0.05, 0.1) is 11.7 Å². The van der Waals surface area contributed by atoms with E-state index in [0.29, 0.717) is 0 Å². The highest BCUT2D eigenvalue weighted by atomic mass is 16.5. The van der Waals surface area contributed by atoms with Crippen molar-refractivity contribution in [2.45, 2.75) is 0 Å². The van der Waals surface area contributed by atoms with Gasteiger partial charge in [0.1, 0.15) is 0 Å². The molecule has 0 aliphatic rings. The molecule has 2 aromatic heterocycles. The van der Waals surface area contributed by atoms with Crippen LogP contribution in [0.1, 0.15) is 0 Å². The molecule has 0 fully saturated rings. The van der Waals surface area contributed by atoms with E-state index in [9.17, 15) is 0 Å². The predicted octanol–water partition coefficient (Wildman–Crippen LogP) is 0.669. The van der Waals surface area contributed by atoms with Crippen molar-refractivity contribution >= 4 is 10.9 Å². The minimum Gasteiger partial charge on any atom is -0.412 e. The number of fused-ring (bicyclic) bond motifs is 1. The number of pyridine rings is 1. The zero-order chi connectivity index (χ0) is 6.97. The normalized spacial score (nSPS) is 10.4. The van der Waals surface area contributed by atoms with Gasteiger partial charge in [-0.2, -0.15) is 0 Å². The smallest absolute Gasteiger partial charge is 0.0990 e. The molecule has 0 unspecified atom stereocenters. The van der Waals surface area contributed by atoms with E-state index in [-0.39, 0.29) is 0 Å². The highest BCUT2D eigenvalue weighted by molar-refractivity contribution is 5.76. The van der Waals surface area contributed by atoms with Crippen molar-refractivity contribution < 1.29 is 5.21 Å². The van der Waals surface area contributed by atoms with Crippen LogP contribution in [0.25, 0.3) is 10.9 Å². The second kappa shape index (κ2) is 1.70. The Morgan fingerprint density at radius 1 is 1.50 bits per heavy atom. The third-order valence-electron chi connectivity index (χ3n) is 1.29. The van der Waals surface area contributed by atoms with E-state index in [4.69, 9.17) is 5.21 Å². The van der Waals surface area contributed by atoms with Gasteiger partial charge in [0.25, 0.3) is 0 Å². The number of hydrogen-bond acceptors (Lipinski definition) is 3. The van der Waals surface area contributed by atoms with Crippen molar-refractivity contribution in [2.75, 3.05) is 0 Å². The van der Waals surface area contributed by atoms with Crippen molar-refractivity contribution in [3.05, 3.63) is 24.7 Å². The molecule has 0 aliphatic heterocycles. The molecule has 4 heteroatoms. The van der Waals surface area contributed by atoms with E-state index in [1.807, 2.05) is 0 Å². The van der Waals surface area contributed by atoms with E-state index in [1.54, 1.807) is 18.5 Å². The van der Waals surface area contributed by atoms with Crippen LogP contribution in [0.3, 0.4) is 0 Å². The summed E-state index contributed by atoms with van der Waals surface area (Å²) in [4.78, 5) is 4.65. The minimum absolute atomic E-state index is 0.748. The van der Waals surface area contributed by atoms with E-state index in [2.05, 4.69) is 10.1 Å².